The summed E-state index contributed by atoms with van der Waals surface area (Å²) in [5.41, 5.74) is 1.01. The van der Waals surface area contributed by atoms with E-state index in [-0.39, 0.29) is 6.10 Å². The summed E-state index contributed by atoms with van der Waals surface area (Å²) in [5.74, 6) is 0.841. The minimum atomic E-state index is -0.278. The lowest BCUT2D eigenvalue weighted by Crippen LogP contribution is -2.29. The van der Waals surface area contributed by atoms with Crippen LogP contribution in [0.3, 0.4) is 0 Å². The smallest absolute Gasteiger partial charge is 0.142 e. The molecule has 0 bridgehead atoms. The number of likely N-dealkylation sites (N-methyl/N-ethyl adjacent to an activating group) is 1. The standard InChI is InChI=1S/C13H21NO2/c1-4-7-11(15)10-14(2)12-8-5-6-9-13(12)16-3/h5-6,8-9,11,15H,4,7,10H2,1-3H3. The Morgan fingerprint density at radius 1 is 1.38 bits per heavy atom. The molecule has 1 aromatic carbocycles. The number of anilines is 1. The third-order valence-electron chi connectivity index (χ3n) is 2.60. The summed E-state index contributed by atoms with van der Waals surface area (Å²) in [7, 11) is 3.63. The minimum Gasteiger partial charge on any atom is -0.495 e. The van der Waals surface area contributed by atoms with Crippen LogP contribution in [0.25, 0.3) is 0 Å². The van der Waals surface area contributed by atoms with Crippen LogP contribution in [0.2, 0.25) is 0 Å². The van der Waals surface area contributed by atoms with Gasteiger partial charge in [0.1, 0.15) is 5.75 Å². The van der Waals surface area contributed by atoms with Crippen LogP contribution in [-0.4, -0.2) is 31.9 Å². The van der Waals surface area contributed by atoms with Crippen molar-refractivity contribution >= 4 is 5.69 Å². The highest BCUT2D eigenvalue weighted by atomic mass is 16.5. The van der Waals surface area contributed by atoms with Gasteiger partial charge in [-0.3, -0.25) is 0 Å². The van der Waals surface area contributed by atoms with E-state index in [1.165, 1.54) is 0 Å². The Hall–Kier alpha value is -1.22. The molecule has 0 saturated heterocycles. The van der Waals surface area contributed by atoms with Gasteiger partial charge in [-0.1, -0.05) is 25.5 Å². The topological polar surface area (TPSA) is 32.7 Å². The number of methoxy groups -OCH3 is 1. The largest absolute Gasteiger partial charge is 0.495 e. The maximum absolute atomic E-state index is 9.76. The molecule has 3 heteroatoms. The second-order valence-corrected chi connectivity index (χ2v) is 3.99. The van der Waals surface area contributed by atoms with Crippen molar-refractivity contribution in [3.05, 3.63) is 24.3 Å². The average Bonchev–Trinajstić information content (AvgIpc) is 2.29. The maximum atomic E-state index is 9.76. The molecule has 0 spiro atoms. The zero-order chi connectivity index (χ0) is 12.0. The average molecular weight is 223 g/mol. The van der Waals surface area contributed by atoms with Crippen LogP contribution < -0.4 is 9.64 Å². The van der Waals surface area contributed by atoms with Gasteiger partial charge in [0.2, 0.25) is 0 Å². The third-order valence-corrected chi connectivity index (χ3v) is 2.60. The zero-order valence-electron chi connectivity index (χ0n) is 10.3. The molecule has 90 valence electrons. The molecule has 0 aliphatic rings. The van der Waals surface area contributed by atoms with E-state index in [2.05, 4.69) is 6.92 Å². The van der Waals surface area contributed by atoms with Crippen molar-refractivity contribution in [1.82, 2.24) is 0 Å². The summed E-state index contributed by atoms with van der Waals surface area (Å²) >= 11 is 0. The van der Waals surface area contributed by atoms with Crippen LogP contribution in [0.1, 0.15) is 19.8 Å². The molecule has 0 amide bonds. The molecule has 0 radical (unpaired) electrons. The monoisotopic (exact) mass is 223 g/mol. The molecule has 0 heterocycles. The lowest BCUT2D eigenvalue weighted by molar-refractivity contribution is 0.170. The number of para-hydroxylation sites is 2. The SMILES string of the molecule is CCCC(O)CN(C)c1ccccc1OC. The molecule has 0 saturated carbocycles. The Labute approximate surface area is 97.7 Å². The highest BCUT2D eigenvalue weighted by Gasteiger charge is 2.11. The number of rotatable bonds is 6. The van der Waals surface area contributed by atoms with E-state index in [9.17, 15) is 5.11 Å². The van der Waals surface area contributed by atoms with E-state index in [4.69, 9.17) is 4.74 Å². The first-order valence-electron chi connectivity index (χ1n) is 5.71. The van der Waals surface area contributed by atoms with E-state index in [0.29, 0.717) is 6.54 Å². The fraction of sp³-hybridized carbons (Fsp3) is 0.538. The fourth-order valence-corrected chi connectivity index (χ4v) is 1.78. The normalized spacial score (nSPS) is 12.2. The van der Waals surface area contributed by atoms with Crippen LogP contribution in [0, 0.1) is 0 Å². The fourth-order valence-electron chi connectivity index (χ4n) is 1.78. The van der Waals surface area contributed by atoms with Gasteiger partial charge in [-0.15, -0.1) is 0 Å². The van der Waals surface area contributed by atoms with Crippen LogP contribution >= 0.6 is 0 Å². The Morgan fingerprint density at radius 2 is 2.06 bits per heavy atom. The Balaban J connectivity index is 2.68. The van der Waals surface area contributed by atoms with Gasteiger partial charge < -0.3 is 14.7 Å². The third kappa shape index (κ3) is 3.42. The number of aliphatic hydroxyl groups excluding tert-OH is 1. The van der Waals surface area contributed by atoms with Crippen molar-refractivity contribution in [2.24, 2.45) is 0 Å². The van der Waals surface area contributed by atoms with Gasteiger partial charge in [0.15, 0.2) is 0 Å². The summed E-state index contributed by atoms with van der Waals surface area (Å²) in [5, 5.41) is 9.76. The first-order chi connectivity index (χ1) is 7.69. The maximum Gasteiger partial charge on any atom is 0.142 e. The second-order valence-electron chi connectivity index (χ2n) is 3.99. The molecule has 3 nitrogen and oxygen atoms in total. The molecule has 0 aliphatic carbocycles. The molecular weight excluding hydrogens is 202 g/mol. The summed E-state index contributed by atoms with van der Waals surface area (Å²) in [6, 6.07) is 7.84. The number of nitrogens with zero attached hydrogens (tertiary/aromatic N) is 1. The molecular formula is C13H21NO2. The second kappa shape index (κ2) is 6.38. The molecule has 1 unspecified atom stereocenters. The van der Waals surface area contributed by atoms with Gasteiger partial charge in [0.05, 0.1) is 18.9 Å². The predicted octanol–water partition coefficient (Wildman–Crippen LogP) is 2.29. The summed E-state index contributed by atoms with van der Waals surface area (Å²) in [6.45, 7) is 2.71. The molecule has 1 N–H and O–H groups in total. The lowest BCUT2D eigenvalue weighted by atomic mass is 10.2. The van der Waals surface area contributed by atoms with E-state index in [1.54, 1.807) is 7.11 Å². The molecule has 16 heavy (non-hydrogen) atoms. The number of hydrogen-bond acceptors (Lipinski definition) is 3. The minimum absolute atomic E-state index is 0.278. The van der Waals surface area contributed by atoms with Crippen LogP contribution in [-0.2, 0) is 0 Å². The molecule has 0 fully saturated rings. The van der Waals surface area contributed by atoms with Crippen molar-refractivity contribution in [1.29, 1.82) is 0 Å². The highest BCUT2D eigenvalue weighted by Crippen LogP contribution is 2.26. The number of ether oxygens (including phenoxy) is 1. The van der Waals surface area contributed by atoms with Gasteiger partial charge in [-0.05, 0) is 18.6 Å². The Kier molecular flexibility index (Phi) is 5.12. The van der Waals surface area contributed by atoms with Crippen molar-refractivity contribution in [2.75, 3.05) is 25.6 Å². The molecule has 0 aliphatic heterocycles. The van der Waals surface area contributed by atoms with Gasteiger partial charge in [-0.2, -0.15) is 0 Å². The first kappa shape index (κ1) is 12.8. The molecule has 1 aromatic rings. The summed E-state index contributed by atoms with van der Waals surface area (Å²) in [4.78, 5) is 2.03. The molecule has 0 aromatic heterocycles. The highest BCUT2D eigenvalue weighted by molar-refractivity contribution is 5.57. The van der Waals surface area contributed by atoms with E-state index in [0.717, 1.165) is 24.3 Å². The van der Waals surface area contributed by atoms with Gasteiger partial charge in [0, 0.05) is 13.6 Å². The number of hydrogen-bond donors (Lipinski definition) is 1. The van der Waals surface area contributed by atoms with Gasteiger partial charge >= 0.3 is 0 Å². The van der Waals surface area contributed by atoms with Crippen LogP contribution in [0.4, 0.5) is 5.69 Å². The Morgan fingerprint density at radius 3 is 2.69 bits per heavy atom. The van der Waals surface area contributed by atoms with Crippen molar-refractivity contribution in [3.8, 4) is 5.75 Å². The van der Waals surface area contributed by atoms with E-state index < -0.39 is 0 Å². The zero-order valence-corrected chi connectivity index (χ0v) is 10.3. The summed E-state index contributed by atoms with van der Waals surface area (Å²) in [6.07, 6.45) is 1.56. The summed E-state index contributed by atoms with van der Waals surface area (Å²) < 4.78 is 5.28. The lowest BCUT2D eigenvalue weighted by Gasteiger charge is -2.24. The van der Waals surface area contributed by atoms with Crippen molar-refractivity contribution < 1.29 is 9.84 Å². The van der Waals surface area contributed by atoms with E-state index in [1.807, 2.05) is 36.2 Å². The van der Waals surface area contributed by atoms with Crippen LogP contribution in [0.15, 0.2) is 24.3 Å². The number of aliphatic hydroxyl groups is 1. The predicted molar refractivity (Wildman–Crippen MR) is 67.2 cm³/mol. The first-order valence-corrected chi connectivity index (χ1v) is 5.71. The van der Waals surface area contributed by atoms with Gasteiger partial charge in [-0.25, -0.2) is 0 Å². The Bertz CT molecular complexity index is 315. The molecule has 1 atom stereocenters. The van der Waals surface area contributed by atoms with Gasteiger partial charge in [0.25, 0.3) is 0 Å². The van der Waals surface area contributed by atoms with E-state index >= 15 is 0 Å². The quantitative estimate of drug-likeness (QED) is 0.803. The van der Waals surface area contributed by atoms with Crippen LogP contribution in [0.5, 0.6) is 5.75 Å². The molecule has 1 rings (SSSR count). The van der Waals surface area contributed by atoms with Crippen molar-refractivity contribution in [2.45, 2.75) is 25.9 Å². The number of benzene rings is 1. The van der Waals surface area contributed by atoms with Crippen molar-refractivity contribution in [3.63, 3.8) is 0 Å².